The predicted octanol–water partition coefficient (Wildman–Crippen LogP) is 3.81. The molecule has 21 heavy (non-hydrogen) atoms. The minimum absolute atomic E-state index is 0.0658. The molecule has 1 fully saturated rings. The molecule has 0 N–H and O–H groups in total. The largest absolute Gasteiger partial charge is 0.369 e. The van der Waals surface area contributed by atoms with E-state index in [4.69, 9.17) is 11.6 Å². The first-order valence-electron chi connectivity index (χ1n) is 7.20. The summed E-state index contributed by atoms with van der Waals surface area (Å²) in [6.45, 7) is 4.85. The Morgan fingerprint density at radius 1 is 0.905 bits per heavy atom. The Hall–Kier alpha value is -1.71. The van der Waals surface area contributed by atoms with Gasteiger partial charge in [-0.1, -0.05) is 29.8 Å². The Bertz CT molecular complexity index is 592. The fraction of sp³-hybridized carbons (Fsp3) is 0.294. The van der Waals surface area contributed by atoms with Crippen molar-refractivity contribution < 1.29 is 5.11 Å². The summed E-state index contributed by atoms with van der Waals surface area (Å²) < 4.78 is 0. The molecular weight excluding hydrogens is 284 g/mol. The van der Waals surface area contributed by atoms with Crippen LogP contribution in [0.2, 0.25) is 5.02 Å². The Balaban J connectivity index is 1.58. The van der Waals surface area contributed by atoms with E-state index in [2.05, 4.69) is 15.9 Å². The smallest absolute Gasteiger partial charge is 0.178 e. The van der Waals surface area contributed by atoms with Gasteiger partial charge in [0, 0.05) is 43.4 Å². The molecule has 0 bridgehead atoms. The minimum atomic E-state index is 0.0658. The van der Waals surface area contributed by atoms with Crippen molar-refractivity contribution in [3.8, 4) is 5.75 Å². The summed E-state index contributed by atoms with van der Waals surface area (Å²) in [5.41, 5.74) is 2.32. The van der Waals surface area contributed by atoms with Gasteiger partial charge < -0.3 is 4.90 Å². The molecule has 1 radical (unpaired) electrons. The molecule has 0 aromatic heterocycles. The van der Waals surface area contributed by atoms with Crippen LogP contribution in [0.3, 0.4) is 0 Å². The fourth-order valence-corrected chi connectivity index (χ4v) is 2.88. The van der Waals surface area contributed by atoms with E-state index in [-0.39, 0.29) is 5.75 Å². The van der Waals surface area contributed by atoms with Crippen molar-refractivity contribution in [1.29, 1.82) is 0 Å². The van der Waals surface area contributed by atoms with Crippen LogP contribution in [-0.4, -0.2) is 31.1 Å². The molecule has 0 atom stereocenters. The molecule has 0 unspecified atom stereocenters. The van der Waals surface area contributed by atoms with Crippen LogP contribution in [0.1, 0.15) is 5.56 Å². The molecule has 0 saturated carbocycles. The molecule has 0 spiro atoms. The monoisotopic (exact) mass is 301 g/mol. The van der Waals surface area contributed by atoms with E-state index >= 15 is 0 Å². The second kappa shape index (κ2) is 6.37. The van der Waals surface area contributed by atoms with E-state index in [1.165, 1.54) is 5.56 Å². The lowest BCUT2D eigenvalue weighted by Crippen LogP contribution is -2.45. The van der Waals surface area contributed by atoms with Crippen LogP contribution in [0.4, 0.5) is 5.69 Å². The second-order valence-electron chi connectivity index (χ2n) is 5.35. The first-order chi connectivity index (χ1) is 10.2. The molecule has 2 aromatic rings. The summed E-state index contributed by atoms with van der Waals surface area (Å²) in [5, 5.41) is 12.0. The van der Waals surface area contributed by atoms with Gasteiger partial charge in [0.2, 0.25) is 0 Å². The van der Waals surface area contributed by atoms with Crippen molar-refractivity contribution in [2.75, 3.05) is 31.1 Å². The Kier molecular flexibility index (Phi) is 4.32. The maximum absolute atomic E-state index is 11.2. The van der Waals surface area contributed by atoms with E-state index in [1.807, 2.05) is 30.3 Å². The molecule has 0 aliphatic carbocycles. The summed E-state index contributed by atoms with van der Waals surface area (Å²) >= 11 is 6.22. The summed E-state index contributed by atoms with van der Waals surface area (Å²) in [6.07, 6.45) is 0. The molecule has 0 amide bonds. The Morgan fingerprint density at radius 3 is 2.24 bits per heavy atom. The van der Waals surface area contributed by atoms with Gasteiger partial charge in [-0.3, -0.25) is 10.0 Å². The van der Waals surface area contributed by atoms with E-state index in [9.17, 15) is 5.11 Å². The molecule has 1 heterocycles. The highest BCUT2D eigenvalue weighted by Crippen LogP contribution is 2.22. The molecule has 1 aliphatic rings. The van der Waals surface area contributed by atoms with Crippen LogP contribution in [0, 0.1) is 0 Å². The van der Waals surface area contributed by atoms with Crippen molar-refractivity contribution in [3.63, 3.8) is 0 Å². The van der Waals surface area contributed by atoms with Gasteiger partial charge in [-0.05, 0) is 35.9 Å². The number of nitrogens with zero attached hydrogens (tertiary/aromatic N) is 2. The molecule has 2 aromatic carbocycles. The standard InChI is InChI=1S/C17H18ClN2O/c18-17-4-2-1-3-14(17)13-19-9-11-20(12-10-19)15-5-7-16(21)8-6-15/h1-8H,9-13H2. The number of hydrogen-bond donors (Lipinski definition) is 0. The first kappa shape index (κ1) is 14.2. The normalized spacial score (nSPS) is 16.1. The molecule has 3 rings (SSSR count). The summed E-state index contributed by atoms with van der Waals surface area (Å²) in [6, 6.07) is 15.1. The molecule has 1 aliphatic heterocycles. The van der Waals surface area contributed by atoms with Gasteiger partial charge >= 0.3 is 0 Å². The summed E-state index contributed by atoms with van der Waals surface area (Å²) in [4.78, 5) is 4.74. The average Bonchev–Trinajstić information content (AvgIpc) is 2.51. The van der Waals surface area contributed by atoms with Crippen molar-refractivity contribution in [2.45, 2.75) is 6.54 Å². The SMILES string of the molecule is [O]c1ccc(N2CCN(Cc3ccccc3Cl)CC2)cc1. The molecule has 4 heteroatoms. The predicted molar refractivity (Wildman–Crippen MR) is 85.5 cm³/mol. The highest BCUT2D eigenvalue weighted by molar-refractivity contribution is 6.31. The average molecular weight is 302 g/mol. The van der Waals surface area contributed by atoms with E-state index < -0.39 is 0 Å². The van der Waals surface area contributed by atoms with Crippen molar-refractivity contribution >= 4 is 17.3 Å². The van der Waals surface area contributed by atoms with Gasteiger partial charge in [-0.2, -0.15) is 0 Å². The highest BCUT2D eigenvalue weighted by atomic mass is 35.5. The maximum atomic E-state index is 11.2. The highest BCUT2D eigenvalue weighted by Gasteiger charge is 2.17. The van der Waals surface area contributed by atoms with E-state index in [1.54, 1.807) is 12.1 Å². The molecule has 3 nitrogen and oxygen atoms in total. The van der Waals surface area contributed by atoms with Crippen molar-refractivity contribution in [2.24, 2.45) is 0 Å². The zero-order valence-electron chi connectivity index (χ0n) is 11.8. The van der Waals surface area contributed by atoms with Crippen molar-refractivity contribution in [3.05, 3.63) is 59.1 Å². The first-order valence-corrected chi connectivity index (χ1v) is 7.58. The maximum Gasteiger partial charge on any atom is 0.178 e. The van der Waals surface area contributed by atoms with Crippen LogP contribution in [-0.2, 0) is 11.7 Å². The Labute approximate surface area is 130 Å². The van der Waals surface area contributed by atoms with Gasteiger partial charge in [0.25, 0.3) is 0 Å². The summed E-state index contributed by atoms with van der Waals surface area (Å²) in [7, 11) is 0. The van der Waals surface area contributed by atoms with Crippen LogP contribution < -0.4 is 4.90 Å². The number of anilines is 1. The van der Waals surface area contributed by atoms with Crippen LogP contribution in [0.25, 0.3) is 0 Å². The van der Waals surface area contributed by atoms with Gasteiger partial charge in [0.15, 0.2) is 5.75 Å². The third-order valence-corrected chi connectivity index (χ3v) is 4.29. The van der Waals surface area contributed by atoms with E-state index in [0.29, 0.717) is 0 Å². The zero-order chi connectivity index (χ0) is 14.7. The lowest BCUT2D eigenvalue weighted by molar-refractivity contribution is 0.250. The number of benzene rings is 2. The fourth-order valence-electron chi connectivity index (χ4n) is 2.69. The lowest BCUT2D eigenvalue weighted by atomic mass is 10.2. The number of piperazine rings is 1. The molecular formula is C17H18ClN2O. The molecule has 1 saturated heterocycles. The van der Waals surface area contributed by atoms with Gasteiger partial charge in [-0.25, -0.2) is 0 Å². The minimum Gasteiger partial charge on any atom is -0.369 e. The number of rotatable bonds is 3. The zero-order valence-corrected chi connectivity index (χ0v) is 12.6. The summed E-state index contributed by atoms with van der Waals surface area (Å²) in [5.74, 6) is 0.0658. The van der Waals surface area contributed by atoms with Gasteiger partial charge in [0.05, 0.1) is 0 Å². The van der Waals surface area contributed by atoms with Crippen LogP contribution in [0.15, 0.2) is 48.5 Å². The van der Waals surface area contributed by atoms with Crippen molar-refractivity contribution in [1.82, 2.24) is 4.90 Å². The Morgan fingerprint density at radius 2 is 1.57 bits per heavy atom. The number of hydrogen-bond acceptors (Lipinski definition) is 2. The third kappa shape index (κ3) is 3.49. The second-order valence-corrected chi connectivity index (χ2v) is 5.76. The van der Waals surface area contributed by atoms with Crippen LogP contribution >= 0.6 is 11.6 Å². The third-order valence-electron chi connectivity index (χ3n) is 3.93. The number of halogens is 1. The van der Waals surface area contributed by atoms with Gasteiger partial charge in [-0.15, -0.1) is 0 Å². The quantitative estimate of drug-likeness (QED) is 0.862. The van der Waals surface area contributed by atoms with Crippen LogP contribution in [0.5, 0.6) is 5.75 Å². The van der Waals surface area contributed by atoms with E-state index in [0.717, 1.165) is 43.4 Å². The van der Waals surface area contributed by atoms with Gasteiger partial charge in [0.1, 0.15) is 0 Å². The lowest BCUT2D eigenvalue weighted by Gasteiger charge is -2.36. The molecule has 109 valence electrons. The topological polar surface area (TPSA) is 26.4 Å².